The molecule has 0 aliphatic carbocycles. The number of benzene rings is 1. The SMILES string of the molecule is Nc1ccsc1CNc1ccccc1Cl. The first-order chi connectivity index (χ1) is 7.27. The highest BCUT2D eigenvalue weighted by Crippen LogP contribution is 2.24. The molecule has 0 aliphatic rings. The second-order valence-electron chi connectivity index (χ2n) is 3.13. The van der Waals surface area contributed by atoms with Gasteiger partial charge >= 0.3 is 0 Å². The van der Waals surface area contributed by atoms with Crippen LogP contribution in [0.2, 0.25) is 5.02 Å². The van der Waals surface area contributed by atoms with E-state index in [-0.39, 0.29) is 0 Å². The second-order valence-corrected chi connectivity index (χ2v) is 4.54. The normalized spacial score (nSPS) is 10.2. The van der Waals surface area contributed by atoms with E-state index >= 15 is 0 Å². The molecule has 0 unspecified atom stereocenters. The summed E-state index contributed by atoms with van der Waals surface area (Å²) in [5.41, 5.74) is 7.55. The number of rotatable bonds is 3. The maximum Gasteiger partial charge on any atom is 0.0637 e. The third-order valence-electron chi connectivity index (χ3n) is 2.09. The lowest BCUT2D eigenvalue weighted by Crippen LogP contribution is -2.00. The van der Waals surface area contributed by atoms with E-state index in [1.165, 1.54) is 0 Å². The topological polar surface area (TPSA) is 38.0 Å². The van der Waals surface area contributed by atoms with Crippen molar-refractivity contribution in [3.8, 4) is 0 Å². The number of thiophene rings is 1. The van der Waals surface area contributed by atoms with E-state index in [4.69, 9.17) is 17.3 Å². The summed E-state index contributed by atoms with van der Waals surface area (Å²) in [4.78, 5) is 1.13. The van der Waals surface area contributed by atoms with Crippen molar-refractivity contribution in [3.63, 3.8) is 0 Å². The quantitative estimate of drug-likeness (QED) is 0.858. The molecule has 2 aromatic rings. The van der Waals surface area contributed by atoms with Gasteiger partial charge in [-0.15, -0.1) is 11.3 Å². The first-order valence-electron chi connectivity index (χ1n) is 4.57. The number of para-hydroxylation sites is 1. The van der Waals surface area contributed by atoms with Gasteiger partial charge in [-0.2, -0.15) is 0 Å². The Balaban J connectivity index is 2.06. The Kier molecular flexibility index (Phi) is 3.14. The number of halogens is 1. The van der Waals surface area contributed by atoms with Crippen LogP contribution in [0, 0.1) is 0 Å². The van der Waals surface area contributed by atoms with Gasteiger partial charge in [0.1, 0.15) is 0 Å². The van der Waals surface area contributed by atoms with Gasteiger partial charge in [-0.25, -0.2) is 0 Å². The molecular formula is C11H11ClN2S. The van der Waals surface area contributed by atoms with E-state index in [0.717, 1.165) is 21.3 Å². The van der Waals surface area contributed by atoms with E-state index < -0.39 is 0 Å². The summed E-state index contributed by atoms with van der Waals surface area (Å²) in [5, 5.41) is 5.97. The molecule has 0 fully saturated rings. The highest BCUT2D eigenvalue weighted by Gasteiger charge is 2.01. The monoisotopic (exact) mass is 238 g/mol. The number of hydrogen-bond donors (Lipinski definition) is 2. The lowest BCUT2D eigenvalue weighted by Gasteiger charge is -2.07. The minimum Gasteiger partial charge on any atom is -0.398 e. The zero-order valence-electron chi connectivity index (χ0n) is 8.03. The summed E-state index contributed by atoms with van der Waals surface area (Å²) in [5.74, 6) is 0. The summed E-state index contributed by atoms with van der Waals surface area (Å²) in [6.07, 6.45) is 0. The minimum absolute atomic E-state index is 0.716. The van der Waals surface area contributed by atoms with E-state index in [1.807, 2.05) is 35.7 Å². The summed E-state index contributed by atoms with van der Waals surface area (Å²) >= 11 is 7.66. The number of nitrogen functional groups attached to an aromatic ring is 1. The van der Waals surface area contributed by atoms with Crippen LogP contribution >= 0.6 is 22.9 Å². The van der Waals surface area contributed by atoms with Crippen LogP contribution in [-0.2, 0) is 6.54 Å². The highest BCUT2D eigenvalue weighted by molar-refractivity contribution is 7.10. The Bertz CT molecular complexity index is 453. The second kappa shape index (κ2) is 4.55. The molecule has 2 rings (SSSR count). The fourth-order valence-electron chi connectivity index (χ4n) is 1.27. The molecule has 2 nitrogen and oxygen atoms in total. The van der Waals surface area contributed by atoms with E-state index in [2.05, 4.69) is 5.32 Å². The minimum atomic E-state index is 0.716. The van der Waals surface area contributed by atoms with Gasteiger partial charge in [-0.05, 0) is 23.6 Å². The molecule has 0 amide bonds. The van der Waals surface area contributed by atoms with Crippen LogP contribution in [0.25, 0.3) is 0 Å². The van der Waals surface area contributed by atoms with Crippen LogP contribution < -0.4 is 11.1 Å². The number of nitrogens with two attached hydrogens (primary N) is 1. The van der Waals surface area contributed by atoms with E-state index in [9.17, 15) is 0 Å². The van der Waals surface area contributed by atoms with Crippen molar-refractivity contribution in [1.82, 2.24) is 0 Å². The molecule has 3 N–H and O–H groups in total. The van der Waals surface area contributed by atoms with Gasteiger partial charge < -0.3 is 11.1 Å². The Morgan fingerprint density at radius 2 is 2.07 bits per heavy atom. The van der Waals surface area contributed by atoms with Gasteiger partial charge in [-0.3, -0.25) is 0 Å². The van der Waals surface area contributed by atoms with Crippen molar-refractivity contribution in [1.29, 1.82) is 0 Å². The molecule has 1 aromatic heterocycles. The average Bonchev–Trinajstić information content (AvgIpc) is 2.63. The largest absolute Gasteiger partial charge is 0.398 e. The molecule has 0 aliphatic heterocycles. The Labute approximate surface area is 97.7 Å². The Morgan fingerprint density at radius 3 is 2.73 bits per heavy atom. The van der Waals surface area contributed by atoms with E-state index in [1.54, 1.807) is 11.3 Å². The molecule has 0 atom stereocenters. The van der Waals surface area contributed by atoms with Crippen molar-refractivity contribution >= 4 is 34.3 Å². The smallest absolute Gasteiger partial charge is 0.0637 e. The zero-order chi connectivity index (χ0) is 10.7. The first kappa shape index (κ1) is 10.3. The van der Waals surface area contributed by atoms with Crippen LogP contribution in [0.5, 0.6) is 0 Å². The lowest BCUT2D eigenvalue weighted by molar-refractivity contribution is 1.20. The molecule has 78 valence electrons. The number of hydrogen-bond acceptors (Lipinski definition) is 3. The van der Waals surface area contributed by atoms with Gasteiger partial charge in [0, 0.05) is 10.6 Å². The van der Waals surface area contributed by atoms with Gasteiger partial charge in [0.2, 0.25) is 0 Å². The van der Waals surface area contributed by atoms with Crippen molar-refractivity contribution in [2.75, 3.05) is 11.1 Å². The van der Waals surface area contributed by atoms with Crippen molar-refractivity contribution in [2.45, 2.75) is 6.54 Å². The van der Waals surface area contributed by atoms with Gasteiger partial charge in [0.05, 0.1) is 17.3 Å². The fourth-order valence-corrected chi connectivity index (χ4v) is 2.22. The van der Waals surface area contributed by atoms with Crippen LogP contribution in [0.15, 0.2) is 35.7 Å². The van der Waals surface area contributed by atoms with Gasteiger partial charge in [0.25, 0.3) is 0 Å². The molecule has 0 spiro atoms. The molecule has 15 heavy (non-hydrogen) atoms. The Hall–Kier alpha value is -1.19. The van der Waals surface area contributed by atoms with Crippen molar-refractivity contribution in [2.24, 2.45) is 0 Å². The first-order valence-corrected chi connectivity index (χ1v) is 5.83. The highest BCUT2D eigenvalue weighted by atomic mass is 35.5. The van der Waals surface area contributed by atoms with Crippen LogP contribution in [-0.4, -0.2) is 0 Å². The third-order valence-corrected chi connectivity index (χ3v) is 3.36. The third kappa shape index (κ3) is 2.43. The Morgan fingerprint density at radius 1 is 1.27 bits per heavy atom. The lowest BCUT2D eigenvalue weighted by atomic mass is 10.3. The summed E-state index contributed by atoms with van der Waals surface area (Å²) in [7, 11) is 0. The van der Waals surface area contributed by atoms with Gasteiger partial charge in [0.15, 0.2) is 0 Å². The van der Waals surface area contributed by atoms with Gasteiger partial charge in [-0.1, -0.05) is 23.7 Å². The molecule has 1 heterocycles. The molecule has 0 bridgehead atoms. The van der Waals surface area contributed by atoms with E-state index in [0.29, 0.717) is 6.54 Å². The molecule has 1 aromatic carbocycles. The maximum atomic E-state index is 6.01. The standard InChI is InChI=1S/C11H11ClN2S/c12-8-3-1-2-4-10(8)14-7-11-9(13)5-6-15-11/h1-6,14H,7,13H2. The van der Waals surface area contributed by atoms with Crippen molar-refractivity contribution < 1.29 is 0 Å². The number of nitrogens with one attached hydrogen (secondary N) is 1. The summed E-state index contributed by atoms with van der Waals surface area (Å²) < 4.78 is 0. The molecule has 4 heteroatoms. The average molecular weight is 239 g/mol. The molecular weight excluding hydrogens is 228 g/mol. The van der Waals surface area contributed by atoms with Crippen molar-refractivity contribution in [3.05, 3.63) is 45.6 Å². The predicted octanol–water partition coefficient (Wildman–Crippen LogP) is 3.60. The summed E-state index contributed by atoms with van der Waals surface area (Å²) in [6.45, 7) is 0.716. The maximum absolute atomic E-state index is 6.01. The predicted molar refractivity (Wildman–Crippen MR) is 67.5 cm³/mol. The number of anilines is 2. The van der Waals surface area contributed by atoms with Crippen LogP contribution in [0.1, 0.15) is 4.88 Å². The fraction of sp³-hybridized carbons (Fsp3) is 0.0909. The molecule has 0 saturated heterocycles. The molecule has 0 saturated carbocycles. The molecule has 0 radical (unpaired) electrons. The van der Waals surface area contributed by atoms with Crippen LogP contribution in [0.3, 0.4) is 0 Å². The zero-order valence-corrected chi connectivity index (χ0v) is 9.61. The summed E-state index contributed by atoms with van der Waals surface area (Å²) in [6, 6.07) is 9.58. The van der Waals surface area contributed by atoms with Crippen LogP contribution in [0.4, 0.5) is 11.4 Å².